The van der Waals surface area contributed by atoms with E-state index in [1.165, 1.54) is 6.20 Å². The Bertz CT molecular complexity index is 1830. The molecule has 0 bridgehead atoms. The number of rotatable bonds is 9. The van der Waals surface area contributed by atoms with Crippen LogP contribution < -0.4 is 14.7 Å². The summed E-state index contributed by atoms with van der Waals surface area (Å²) >= 11 is 12.5. The summed E-state index contributed by atoms with van der Waals surface area (Å²) in [7, 11) is 0. The van der Waals surface area contributed by atoms with Gasteiger partial charge in [0, 0.05) is 45.1 Å². The molecule has 4 heterocycles. The van der Waals surface area contributed by atoms with Crippen molar-refractivity contribution in [2.45, 2.75) is 69.7 Å². The van der Waals surface area contributed by atoms with E-state index in [1.54, 1.807) is 41.6 Å². The van der Waals surface area contributed by atoms with Gasteiger partial charge in [-0.1, -0.05) is 36.7 Å². The van der Waals surface area contributed by atoms with Gasteiger partial charge in [-0.3, -0.25) is 0 Å². The number of benzene rings is 2. The van der Waals surface area contributed by atoms with Gasteiger partial charge in [0.1, 0.15) is 11.1 Å². The van der Waals surface area contributed by atoms with E-state index in [1.807, 2.05) is 22.8 Å². The fourth-order valence-electron chi connectivity index (χ4n) is 6.62. The van der Waals surface area contributed by atoms with Crippen LogP contribution in [0.4, 0.5) is 43.8 Å². The Balaban J connectivity index is 1.26. The largest absolute Gasteiger partial charge is 0.459 e. The molecule has 0 N–H and O–H groups in total. The fourth-order valence-corrected chi connectivity index (χ4v) is 6.95. The van der Waals surface area contributed by atoms with Crippen molar-refractivity contribution in [1.29, 1.82) is 0 Å². The first-order chi connectivity index (χ1) is 24.7. The second kappa shape index (κ2) is 15.3. The van der Waals surface area contributed by atoms with Crippen molar-refractivity contribution in [3.8, 4) is 0 Å². The predicted molar refractivity (Wildman–Crippen MR) is 184 cm³/mol. The lowest BCUT2D eigenvalue weighted by molar-refractivity contribution is -0.143. The van der Waals surface area contributed by atoms with Crippen LogP contribution in [0.25, 0.3) is 0 Å². The number of alkyl halides is 6. The molecule has 6 rings (SSSR count). The molecular formula is C35H33Cl2F6N7O2. The molecule has 2 saturated heterocycles. The molecule has 0 amide bonds. The lowest BCUT2D eigenvalue weighted by Crippen LogP contribution is -2.39. The highest BCUT2D eigenvalue weighted by Gasteiger charge is 2.40. The molecule has 2 aliphatic heterocycles. The molecule has 0 unspecified atom stereocenters. The molecule has 0 spiro atoms. The maximum Gasteiger partial charge on any atom is 0.416 e. The molecule has 0 saturated carbocycles. The van der Waals surface area contributed by atoms with E-state index in [2.05, 4.69) is 19.9 Å². The van der Waals surface area contributed by atoms with Crippen molar-refractivity contribution in [2.24, 2.45) is 0 Å². The van der Waals surface area contributed by atoms with Crippen LogP contribution in [-0.4, -0.2) is 63.7 Å². The van der Waals surface area contributed by atoms with Gasteiger partial charge >= 0.3 is 18.3 Å². The minimum Gasteiger partial charge on any atom is -0.459 e. The Hall–Kier alpha value is -4.37. The van der Waals surface area contributed by atoms with Crippen molar-refractivity contribution in [3.05, 3.63) is 99.7 Å². The molecule has 17 heteroatoms. The van der Waals surface area contributed by atoms with E-state index in [0.717, 1.165) is 12.1 Å². The summed E-state index contributed by atoms with van der Waals surface area (Å²) in [5.74, 6) is 0.0919. The second-order valence-corrected chi connectivity index (χ2v) is 13.4. The Morgan fingerprint density at radius 3 is 2.15 bits per heavy atom. The summed E-state index contributed by atoms with van der Waals surface area (Å²) in [6, 6.07) is 9.63. The zero-order valence-corrected chi connectivity index (χ0v) is 29.2. The molecule has 2 atom stereocenters. The SMILES string of the molecule is CC[C@@H]1C[C@H](N(Cc2cc(C(F)(F)F)cc(C(F)(F)F)c2)c2ncc(N3CCC(OC(=O)c4ccccc4)CC3)cn2)CN1c1nc(Cl)ncc1Cl. The third kappa shape index (κ3) is 8.63. The minimum atomic E-state index is -5.01. The number of halogens is 8. The van der Waals surface area contributed by atoms with Crippen LogP contribution in [0.1, 0.15) is 59.7 Å². The molecule has 52 heavy (non-hydrogen) atoms. The van der Waals surface area contributed by atoms with Crippen molar-refractivity contribution in [3.63, 3.8) is 0 Å². The van der Waals surface area contributed by atoms with E-state index >= 15 is 0 Å². The number of carbonyl (C=O) groups excluding carboxylic acids is 1. The normalized spacial score (nSPS) is 18.5. The van der Waals surface area contributed by atoms with Gasteiger partial charge in [0.2, 0.25) is 11.2 Å². The molecule has 2 fully saturated rings. The van der Waals surface area contributed by atoms with Gasteiger partial charge in [-0.15, -0.1) is 0 Å². The van der Waals surface area contributed by atoms with Crippen LogP contribution in [0.3, 0.4) is 0 Å². The summed E-state index contributed by atoms with van der Waals surface area (Å²) in [5, 5.41) is 0.206. The predicted octanol–water partition coefficient (Wildman–Crippen LogP) is 8.50. The highest BCUT2D eigenvalue weighted by atomic mass is 35.5. The molecule has 2 aromatic heterocycles. The molecular weight excluding hydrogens is 735 g/mol. The second-order valence-electron chi connectivity index (χ2n) is 12.7. The number of carbonyl (C=O) groups is 1. The lowest BCUT2D eigenvalue weighted by atomic mass is 10.0. The van der Waals surface area contributed by atoms with Gasteiger partial charge in [0.25, 0.3) is 0 Å². The number of hydrogen-bond acceptors (Lipinski definition) is 9. The average Bonchev–Trinajstić information content (AvgIpc) is 3.55. The summed E-state index contributed by atoms with van der Waals surface area (Å²) in [6.45, 7) is 2.93. The van der Waals surface area contributed by atoms with Crippen molar-refractivity contribution in [1.82, 2.24) is 19.9 Å². The van der Waals surface area contributed by atoms with E-state index in [9.17, 15) is 31.1 Å². The number of piperidine rings is 1. The van der Waals surface area contributed by atoms with E-state index in [0.29, 0.717) is 55.8 Å². The van der Waals surface area contributed by atoms with Crippen LogP contribution in [-0.2, 0) is 23.6 Å². The number of ether oxygens (including phenoxy) is 1. The van der Waals surface area contributed by atoms with Gasteiger partial charge in [0.05, 0.1) is 47.0 Å². The van der Waals surface area contributed by atoms with Crippen molar-refractivity contribution < 1.29 is 35.9 Å². The van der Waals surface area contributed by atoms with Crippen LogP contribution in [0.5, 0.6) is 0 Å². The van der Waals surface area contributed by atoms with E-state index in [-0.39, 0.29) is 53.1 Å². The fraction of sp³-hybridized carbons (Fsp3) is 0.400. The maximum atomic E-state index is 13.8. The summed E-state index contributed by atoms with van der Waals surface area (Å²) in [5.41, 5.74) is -1.90. The van der Waals surface area contributed by atoms with Gasteiger partial charge in [-0.05, 0) is 60.3 Å². The monoisotopic (exact) mass is 767 g/mol. The first-order valence-electron chi connectivity index (χ1n) is 16.5. The summed E-state index contributed by atoms with van der Waals surface area (Å²) < 4.78 is 88.6. The van der Waals surface area contributed by atoms with E-state index in [4.69, 9.17) is 27.9 Å². The zero-order chi connectivity index (χ0) is 37.2. The highest BCUT2D eigenvalue weighted by Crippen LogP contribution is 2.39. The lowest BCUT2D eigenvalue weighted by Gasteiger charge is -2.33. The summed E-state index contributed by atoms with van der Waals surface area (Å²) in [4.78, 5) is 35.4. The van der Waals surface area contributed by atoms with Crippen LogP contribution in [0.2, 0.25) is 10.3 Å². The zero-order valence-electron chi connectivity index (χ0n) is 27.7. The van der Waals surface area contributed by atoms with Crippen LogP contribution >= 0.6 is 23.2 Å². The smallest absolute Gasteiger partial charge is 0.416 e. The van der Waals surface area contributed by atoms with Gasteiger partial charge in [-0.2, -0.15) is 31.3 Å². The Labute approximate surface area is 305 Å². The van der Waals surface area contributed by atoms with Crippen molar-refractivity contribution in [2.75, 3.05) is 34.3 Å². The third-order valence-corrected chi connectivity index (χ3v) is 9.69. The highest BCUT2D eigenvalue weighted by molar-refractivity contribution is 6.33. The molecule has 9 nitrogen and oxygen atoms in total. The molecule has 2 aliphatic rings. The number of aromatic nitrogens is 4. The average molecular weight is 769 g/mol. The molecule has 0 aliphatic carbocycles. The molecule has 4 aromatic rings. The Kier molecular flexibility index (Phi) is 11.0. The molecule has 276 valence electrons. The minimum absolute atomic E-state index is 0.0319. The first kappa shape index (κ1) is 37.4. The third-order valence-electron chi connectivity index (χ3n) is 9.24. The molecule has 0 radical (unpaired) electrons. The number of nitrogens with zero attached hydrogens (tertiary/aromatic N) is 7. The number of esters is 1. The van der Waals surface area contributed by atoms with Gasteiger partial charge in [-0.25, -0.2) is 19.7 Å². The Morgan fingerprint density at radius 2 is 1.56 bits per heavy atom. The standard InChI is InChI=1S/C35H33Cl2F6N7O2/c1-2-25-15-26(20-49(25)30-29(36)18-44-32(37)47-30)50(19-21-12-23(34(38,39)40)14-24(13-21)35(41,42)43)33-45-16-27(17-46-33)48-10-8-28(9-11-48)52-31(51)22-6-4-3-5-7-22/h3-7,12-14,16-18,25-26,28H,2,8-11,15,19-20H2,1H3/t25-,26+/m1/s1. The summed E-state index contributed by atoms with van der Waals surface area (Å²) in [6.07, 6.45) is -3.58. The topological polar surface area (TPSA) is 87.6 Å². The number of hydrogen-bond donors (Lipinski definition) is 0. The van der Waals surface area contributed by atoms with Gasteiger partial charge in [0.15, 0.2) is 5.82 Å². The van der Waals surface area contributed by atoms with Crippen LogP contribution in [0.15, 0.2) is 67.1 Å². The number of anilines is 3. The van der Waals surface area contributed by atoms with Crippen LogP contribution in [0, 0.1) is 0 Å². The van der Waals surface area contributed by atoms with E-state index < -0.39 is 35.5 Å². The first-order valence-corrected chi connectivity index (χ1v) is 17.3. The molecule has 2 aromatic carbocycles. The Morgan fingerprint density at radius 1 is 0.923 bits per heavy atom. The quantitative estimate of drug-likeness (QED) is 0.0946. The van der Waals surface area contributed by atoms with Gasteiger partial charge < -0.3 is 19.4 Å². The van der Waals surface area contributed by atoms with Crippen molar-refractivity contribution >= 4 is 46.6 Å². The maximum absolute atomic E-state index is 13.8.